The van der Waals surface area contributed by atoms with Crippen molar-refractivity contribution in [1.29, 1.82) is 0 Å². The van der Waals surface area contributed by atoms with Crippen molar-refractivity contribution in [1.82, 2.24) is 10.2 Å². The summed E-state index contributed by atoms with van der Waals surface area (Å²) in [6.45, 7) is 1.96. The minimum absolute atomic E-state index is 0.0937. The van der Waals surface area contributed by atoms with Crippen molar-refractivity contribution in [2.75, 3.05) is 0 Å². The molecule has 1 N–H and O–H groups in total. The molecule has 1 fully saturated rings. The molecule has 1 saturated carbocycles. The molecule has 3 rings (SSSR count). The summed E-state index contributed by atoms with van der Waals surface area (Å²) in [5.41, 5.74) is 1.12. The van der Waals surface area contributed by atoms with Gasteiger partial charge in [0.15, 0.2) is 0 Å². The third kappa shape index (κ3) is 6.38. The maximum atomic E-state index is 13.3. The average molecular weight is 502 g/mol. The zero-order valence-corrected chi connectivity index (χ0v) is 19.7. The Balaban J connectivity index is 1.80. The zero-order chi connectivity index (χ0) is 23.1. The van der Waals surface area contributed by atoms with Crippen LogP contribution < -0.4 is 5.32 Å². The molecule has 0 radical (unpaired) electrons. The Hall–Kier alpha value is -2.74. The second-order valence-electron chi connectivity index (χ2n) is 8.23. The molecule has 170 valence electrons. The summed E-state index contributed by atoms with van der Waals surface area (Å²) in [7, 11) is 0. The van der Waals surface area contributed by atoms with E-state index < -0.39 is 11.0 Å². The monoisotopic (exact) mass is 501 g/mol. The minimum atomic E-state index is -0.698. The summed E-state index contributed by atoms with van der Waals surface area (Å²) >= 11 is 3.41. The van der Waals surface area contributed by atoms with E-state index in [1.807, 2.05) is 24.3 Å². The van der Waals surface area contributed by atoms with Crippen molar-refractivity contribution < 1.29 is 14.5 Å². The van der Waals surface area contributed by atoms with Gasteiger partial charge in [-0.2, -0.15) is 0 Å². The van der Waals surface area contributed by atoms with Crippen molar-refractivity contribution in [2.45, 2.75) is 64.1 Å². The number of nitro benzene ring substituents is 1. The Morgan fingerprint density at radius 2 is 1.78 bits per heavy atom. The molecule has 2 aromatic rings. The van der Waals surface area contributed by atoms with Crippen molar-refractivity contribution in [3.05, 3.63) is 74.2 Å². The highest BCUT2D eigenvalue weighted by molar-refractivity contribution is 9.10. The molecule has 1 aliphatic carbocycles. The number of amides is 2. The number of rotatable bonds is 8. The van der Waals surface area contributed by atoms with E-state index in [0.29, 0.717) is 5.56 Å². The highest BCUT2D eigenvalue weighted by Crippen LogP contribution is 2.22. The largest absolute Gasteiger partial charge is 0.352 e. The third-order valence-corrected chi connectivity index (χ3v) is 6.44. The van der Waals surface area contributed by atoms with Gasteiger partial charge in [0.05, 0.1) is 11.3 Å². The molecule has 32 heavy (non-hydrogen) atoms. The molecule has 1 atom stereocenters. The van der Waals surface area contributed by atoms with Gasteiger partial charge in [-0.25, -0.2) is 0 Å². The van der Waals surface area contributed by atoms with Crippen LogP contribution in [0.1, 0.15) is 50.2 Å². The van der Waals surface area contributed by atoms with E-state index in [0.717, 1.165) is 35.7 Å². The van der Waals surface area contributed by atoms with Gasteiger partial charge >= 0.3 is 0 Å². The van der Waals surface area contributed by atoms with Crippen LogP contribution in [0.4, 0.5) is 5.69 Å². The van der Waals surface area contributed by atoms with Crippen LogP contribution in [0.25, 0.3) is 0 Å². The van der Waals surface area contributed by atoms with Gasteiger partial charge < -0.3 is 10.2 Å². The molecule has 2 aromatic carbocycles. The first kappa shape index (κ1) is 23.9. The van der Waals surface area contributed by atoms with E-state index in [1.54, 1.807) is 25.1 Å². The smallest absolute Gasteiger partial charge is 0.273 e. The van der Waals surface area contributed by atoms with Crippen LogP contribution >= 0.6 is 15.9 Å². The molecule has 0 unspecified atom stereocenters. The number of hydrogen-bond donors (Lipinski definition) is 1. The first-order chi connectivity index (χ1) is 15.3. The summed E-state index contributed by atoms with van der Waals surface area (Å²) in [5, 5.41) is 14.5. The van der Waals surface area contributed by atoms with E-state index >= 15 is 0 Å². The summed E-state index contributed by atoms with van der Waals surface area (Å²) in [6, 6.07) is 13.2. The lowest BCUT2D eigenvalue weighted by Crippen LogP contribution is -2.50. The van der Waals surface area contributed by atoms with Crippen LogP contribution in [0.2, 0.25) is 0 Å². The lowest BCUT2D eigenvalue weighted by Gasteiger charge is -2.31. The predicted molar refractivity (Wildman–Crippen MR) is 126 cm³/mol. The number of para-hydroxylation sites is 1. The van der Waals surface area contributed by atoms with Crippen LogP contribution in [0, 0.1) is 10.1 Å². The van der Waals surface area contributed by atoms with E-state index in [1.165, 1.54) is 17.4 Å². The highest BCUT2D eigenvalue weighted by atomic mass is 79.9. The molecular formula is C24H28BrN3O4. The van der Waals surface area contributed by atoms with Crippen molar-refractivity contribution in [3.8, 4) is 0 Å². The number of nitrogens with zero attached hydrogens (tertiary/aromatic N) is 2. The quantitative estimate of drug-likeness (QED) is 0.416. The van der Waals surface area contributed by atoms with Crippen LogP contribution in [0.15, 0.2) is 53.0 Å². The highest BCUT2D eigenvalue weighted by Gasteiger charge is 2.29. The fourth-order valence-corrected chi connectivity index (χ4v) is 4.31. The fraction of sp³-hybridized carbons (Fsp3) is 0.417. The van der Waals surface area contributed by atoms with Gasteiger partial charge in [-0.05, 0) is 37.5 Å². The van der Waals surface area contributed by atoms with Gasteiger partial charge in [0.1, 0.15) is 6.04 Å². The van der Waals surface area contributed by atoms with E-state index in [-0.39, 0.29) is 36.5 Å². The number of carbonyl (C=O) groups is 2. The Labute approximate surface area is 196 Å². The Morgan fingerprint density at radius 3 is 2.44 bits per heavy atom. The summed E-state index contributed by atoms with van der Waals surface area (Å²) < 4.78 is 0.919. The maximum Gasteiger partial charge on any atom is 0.273 e. The molecular weight excluding hydrogens is 474 g/mol. The second-order valence-corrected chi connectivity index (χ2v) is 9.15. The zero-order valence-electron chi connectivity index (χ0n) is 18.1. The Bertz CT molecular complexity index is 958. The number of benzene rings is 2. The summed E-state index contributed by atoms with van der Waals surface area (Å²) in [5.74, 6) is -0.515. The number of carbonyl (C=O) groups excluding carboxylic acids is 2. The topological polar surface area (TPSA) is 92.6 Å². The molecule has 1 aliphatic rings. The molecule has 2 amide bonds. The molecule has 0 saturated heterocycles. The minimum Gasteiger partial charge on any atom is -0.352 e. The average Bonchev–Trinajstić information content (AvgIpc) is 2.79. The van der Waals surface area contributed by atoms with Crippen LogP contribution in [0.5, 0.6) is 0 Å². The van der Waals surface area contributed by atoms with Crippen molar-refractivity contribution >= 4 is 33.4 Å². The van der Waals surface area contributed by atoms with Gasteiger partial charge in [0.25, 0.3) is 5.69 Å². The van der Waals surface area contributed by atoms with E-state index in [2.05, 4.69) is 21.2 Å². The Kier molecular flexibility index (Phi) is 8.39. The fourth-order valence-electron chi connectivity index (χ4n) is 4.04. The molecule has 0 aromatic heterocycles. The van der Waals surface area contributed by atoms with Gasteiger partial charge in [-0.1, -0.05) is 65.5 Å². The normalized spacial score (nSPS) is 15.1. The first-order valence-electron chi connectivity index (χ1n) is 10.9. The lowest BCUT2D eigenvalue weighted by atomic mass is 9.95. The molecule has 7 nitrogen and oxygen atoms in total. The predicted octanol–water partition coefficient (Wildman–Crippen LogP) is 4.77. The van der Waals surface area contributed by atoms with Gasteiger partial charge in [-0.15, -0.1) is 0 Å². The van der Waals surface area contributed by atoms with Crippen LogP contribution in [-0.2, 0) is 22.6 Å². The third-order valence-electron chi connectivity index (χ3n) is 5.92. The SMILES string of the molecule is C[C@@H](C(=O)NC1CCCCC1)N(Cc1ccc(Br)cc1)C(=O)Cc1ccccc1[N+](=O)[O-]. The van der Waals surface area contributed by atoms with E-state index in [9.17, 15) is 19.7 Å². The van der Waals surface area contributed by atoms with Gasteiger partial charge in [0.2, 0.25) is 11.8 Å². The van der Waals surface area contributed by atoms with Gasteiger partial charge in [0, 0.05) is 28.7 Å². The molecule has 8 heteroatoms. The second kappa shape index (κ2) is 11.2. The van der Waals surface area contributed by atoms with Crippen LogP contribution in [0.3, 0.4) is 0 Å². The number of nitro groups is 1. The van der Waals surface area contributed by atoms with Gasteiger partial charge in [-0.3, -0.25) is 19.7 Å². The van der Waals surface area contributed by atoms with Crippen LogP contribution in [-0.4, -0.2) is 33.7 Å². The Morgan fingerprint density at radius 1 is 1.12 bits per heavy atom. The first-order valence-corrected chi connectivity index (χ1v) is 11.7. The summed E-state index contributed by atoms with van der Waals surface area (Å²) in [6.07, 6.45) is 5.14. The molecule has 0 spiro atoms. The molecule has 0 heterocycles. The molecule has 0 aliphatic heterocycles. The number of hydrogen-bond acceptors (Lipinski definition) is 4. The standard InChI is InChI=1S/C24H28BrN3O4/c1-17(24(30)26-21-8-3-2-4-9-21)27(16-18-11-13-20(25)14-12-18)23(29)15-19-7-5-6-10-22(19)28(31)32/h5-7,10-14,17,21H,2-4,8-9,15-16H2,1H3,(H,26,30)/t17-/m0/s1. The number of halogens is 1. The van der Waals surface area contributed by atoms with Crippen molar-refractivity contribution in [2.24, 2.45) is 0 Å². The summed E-state index contributed by atoms with van der Waals surface area (Å²) in [4.78, 5) is 38.7. The lowest BCUT2D eigenvalue weighted by molar-refractivity contribution is -0.385. The van der Waals surface area contributed by atoms with E-state index in [4.69, 9.17) is 0 Å². The number of nitrogens with one attached hydrogen (secondary N) is 1. The van der Waals surface area contributed by atoms with Crippen molar-refractivity contribution in [3.63, 3.8) is 0 Å². The molecule has 0 bridgehead atoms. The maximum absolute atomic E-state index is 13.3.